The van der Waals surface area contributed by atoms with Gasteiger partial charge in [-0.3, -0.25) is 4.79 Å². The molecule has 166 valence electrons. The number of hydrogen-bond acceptors (Lipinski definition) is 6. The van der Waals surface area contributed by atoms with Crippen molar-refractivity contribution in [3.8, 4) is 17.0 Å². The van der Waals surface area contributed by atoms with Gasteiger partial charge in [-0.05, 0) is 30.0 Å². The molecule has 2 aromatic rings. The maximum Gasteiger partial charge on any atom is 0.341 e. The monoisotopic (exact) mass is 429 g/mol. The van der Waals surface area contributed by atoms with E-state index in [0.717, 1.165) is 5.56 Å². The summed E-state index contributed by atoms with van der Waals surface area (Å²) in [7, 11) is 2.91. The van der Waals surface area contributed by atoms with Gasteiger partial charge in [0, 0.05) is 44.0 Å². The lowest BCUT2D eigenvalue weighted by molar-refractivity contribution is 0.0594. The van der Waals surface area contributed by atoms with E-state index >= 15 is 0 Å². The number of carboxylic acid groups (broad SMARTS) is 1. The number of carbonyl (C=O) groups excluding carboxylic acids is 1. The van der Waals surface area contributed by atoms with Gasteiger partial charge in [0.15, 0.2) is 5.43 Å². The largest absolute Gasteiger partial charge is 0.493 e. The minimum absolute atomic E-state index is 0.0495. The Hall–Kier alpha value is -3.13. The van der Waals surface area contributed by atoms with Crippen molar-refractivity contribution in [3.05, 3.63) is 51.3 Å². The molecule has 0 radical (unpaired) electrons. The highest BCUT2D eigenvalue weighted by atomic mass is 16.5. The van der Waals surface area contributed by atoms with Crippen LogP contribution in [0.1, 0.15) is 52.6 Å². The Morgan fingerprint density at radius 3 is 2.52 bits per heavy atom. The summed E-state index contributed by atoms with van der Waals surface area (Å²) in [5.74, 6) is -1.21. The van der Waals surface area contributed by atoms with E-state index < -0.39 is 17.4 Å². The second-order valence-electron chi connectivity index (χ2n) is 7.86. The first-order valence-corrected chi connectivity index (χ1v) is 10.1. The standard InChI is InChI=1S/C23H27NO7/c1-13(2)18-8-14-9-21(31-7-5-6-29-3)16(23(28)30-4)10-15(14)19-11-20(25)17(22(26)27)12-24(18)19/h9-13,18H,5-8H2,1-4H3,(H,26,27)/t18-/m1/s1. The predicted octanol–water partition coefficient (Wildman–Crippen LogP) is 3.17. The van der Waals surface area contributed by atoms with E-state index in [-0.39, 0.29) is 23.1 Å². The normalized spacial score (nSPS) is 14.7. The van der Waals surface area contributed by atoms with Crippen LogP contribution in [-0.2, 0) is 15.9 Å². The number of ether oxygens (including phenoxy) is 3. The highest BCUT2D eigenvalue weighted by Crippen LogP contribution is 2.40. The number of carbonyl (C=O) groups is 2. The fourth-order valence-corrected chi connectivity index (χ4v) is 3.88. The molecule has 0 saturated heterocycles. The third-order valence-electron chi connectivity index (χ3n) is 5.50. The number of methoxy groups -OCH3 is 2. The summed E-state index contributed by atoms with van der Waals surface area (Å²) in [5.41, 5.74) is 1.60. The molecule has 0 fully saturated rings. The number of carboxylic acids is 1. The topological polar surface area (TPSA) is 104 Å². The maximum atomic E-state index is 12.4. The summed E-state index contributed by atoms with van der Waals surface area (Å²) in [6.45, 7) is 5.00. The molecule has 1 atom stereocenters. The molecular formula is C23H27NO7. The van der Waals surface area contributed by atoms with E-state index in [1.165, 1.54) is 19.4 Å². The number of aromatic carboxylic acids is 1. The third kappa shape index (κ3) is 4.49. The SMILES string of the molecule is COCCCOc1cc2c(cc1C(=O)OC)-c1cc(=O)c(C(=O)O)cn1[C@@H](C(C)C)C2. The fourth-order valence-electron chi connectivity index (χ4n) is 3.88. The van der Waals surface area contributed by atoms with Crippen LogP contribution < -0.4 is 10.2 Å². The molecule has 0 bridgehead atoms. The number of fused-ring (bicyclic) bond motifs is 3. The minimum Gasteiger partial charge on any atom is -0.493 e. The molecule has 0 saturated carbocycles. The quantitative estimate of drug-likeness (QED) is 0.508. The van der Waals surface area contributed by atoms with Crippen molar-refractivity contribution in [2.45, 2.75) is 32.7 Å². The number of nitrogens with zero attached hydrogens (tertiary/aromatic N) is 1. The van der Waals surface area contributed by atoms with Crippen LogP contribution in [0.5, 0.6) is 5.75 Å². The van der Waals surface area contributed by atoms with Crippen LogP contribution in [0, 0.1) is 5.92 Å². The van der Waals surface area contributed by atoms with Crippen LogP contribution >= 0.6 is 0 Å². The van der Waals surface area contributed by atoms with Gasteiger partial charge in [-0.1, -0.05) is 13.8 Å². The molecular weight excluding hydrogens is 402 g/mol. The summed E-state index contributed by atoms with van der Waals surface area (Å²) in [4.78, 5) is 36.4. The van der Waals surface area contributed by atoms with Gasteiger partial charge in [0.2, 0.25) is 0 Å². The van der Waals surface area contributed by atoms with Gasteiger partial charge in [-0.25, -0.2) is 9.59 Å². The Balaban J connectivity index is 2.17. The van der Waals surface area contributed by atoms with Gasteiger partial charge < -0.3 is 23.9 Å². The van der Waals surface area contributed by atoms with E-state index in [9.17, 15) is 19.5 Å². The van der Waals surface area contributed by atoms with E-state index in [1.807, 2.05) is 24.5 Å². The van der Waals surface area contributed by atoms with Gasteiger partial charge in [0.25, 0.3) is 0 Å². The number of hydrogen-bond donors (Lipinski definition) is 1. The molecule has 0 amide bonds. The average Bonchev–Trinajstić information content (AvgIpc) is 2.74. The van der Waals surface area contributed by atoms with Crippen molar-refractivity contribution in [1.82, 2.24) is 4.57 Å². The molecule has 1 aromatic heterocycles. The van der Waals surface area contributed by atoms with Crippen molar-refractivity contribution in [3.63, 3.8) is 0 Å². The molecule has 3 rings (SSSR count). The third-order valence-corrected chi connectivity index (χ3v) is 5.50. The summed E-state index contributed by atoms with van der Waals surface area (Å²) in [6.07, 6.45) is 2.68. The maximum absolute atomic E-state index is 12.4. The first-order valence-electron chi connectivity index (χ1n) is 10.1. The lowest BCUT2D eigenvalue weighted by Crippen LogP contribution is -2.28. The molecule has 2 heterocycles. The molecule has 0 spiro atoms. The highest BCUT2D eigenvalue weighted by Gasteiger charge is 2.30. The molecule has 0 aliphatic carbocycles. The lowest BCUT2D eigenvalue weighted by Gasteiger charge is -2.33. The van der Waals surface area contributed by atoms with Crippen molar-refractivity contribution >= 4 is 11.9 Å². The van der Waals surface area contributed by atoms with Crippen molar-refractivity contribution in [1.29, 1.82) is 0 Å². The first kappa shape index (κ1) is 22.6. The zero-order valence-corrected chi connectivity index (χ0v) is 18.1. The molecule has 8 nitrogen and oxygen atoms in total. The van der Waals surface area contributed by atoms with Gasteiger partial charge in [-0.2, -0.15) is 0 Å². The molecule has 1 aromatic carbocycles. The molecule has 8 heteroatoms. The molecule has 1 aliphatic heterocycles. The van der Waals surface area contributed by atoms with Crippen LogP contribution in [-0.4, -0.2) is 49.0 Å². The molecule has 0 unspecified atom stereocenters. The summed E-state index contributed by atoms with van der Waals surface area (Å²) < 4.78 is 17.7. The van der Waals surface area contributed by atoms with Crippen molar-refractivity contribution in [2.24, 2.45) is 5.92 Å². The smallest absolute Gasteiger partial charge is 0.341 e. The highest BCUT2D eigenvalue weighted by molar-refractivity contribution is 5.95. The van der Waals surface area contributed by atoms with Gasteiger partial charge in [-0.15, -0.1) is 0 Å². The van der Waals surface area contributed by atoms with Crippen LogP contribution in [0.15, 0.2) is 29.2 Å². The van der Waals surface area contributed by atoms with E-state index in [4.69, 9.17) is 14.2 Å². The zero-order chi connectivity index (χ0) is 22.7. The van der Waals surface area contributed by atoms with Gasteiger partial charge in [0.1, 0.15) is 16.9 Å². The Morgan fingerprint density at radius 1 is 1.16 bits per heavy atom. The number of pyridine rings is 1. The van der Waals surface area contributed by atoms with Crippen molar-refractivity contribution in [2.75, 3.05) is 27.4 Å². The van der Waals surface area contributed by atoms with E-state index in [1.54, 1.807) is 13.2 Å². The molecule has 1 aliphatic rings. The second-order valence-corrected chi connectivity index (χ2v) is 7.86. The summed E-state index contributed by atoms with van der Waals surface area (Å²) in [6, 6.07) is 4.76. The number of aromatic nitrogens is 1. The number of rotatable bonds is 8. The number of benzene rings is 1. The van der Waals surface area contributed by atoms with E-state index in [0.29, 0.717) is 43.1 Å². The first-order chi connectivity index (χ1) is 14.8. The molecule has 31 heavy (non-hydrogen) atoms. The predicted molar refractivity (Wildman–Crippen MR) is 114 cm³/mol. The van der Waals surface area contributed by atoms with Crippen molar-refractivity contribution < 1.29 is 28.9 Å². The number of esters is 1. The Bertz CT molecular complexity index is 1050. The Morgan fingerprint density at radius 2 is 1.90 bits per heavy atom. The fraction of sp³-hybridized carbons (Fsp3) is 0.435. The Kier molecular flexibility index (Phi) is 6.80. The Labute approximate surface area is 180 Å². The minimum atomic E-state index is -1.26. The van der Waals surface area contributed by atoms with Crippen LogP contribution in [0.4, 0.5) is 0 Å². The van der Waals surface area contributed by atoms with E-state index in [2.05, 4.69) is 0 Å². The summed E-state index contributed by atoms with van der Waals surface area (Å²) in [5, 5.41) is 9.39. The van der Waals surface area contributed by atoms with Gasteiger partial charge in [0.05, 0.1) is 19.4 Å². The molecule has 1 N–H and O–H groups in total. The second kappa shape index (κ2) is 9.34. The van der Waals surface area contributed by atoms with Crippen LogP contribution in [0.2, 0.25) is 0 Å². The van der Waals surface area contributed by atoms with Crippen LogP contribution in [0.3, 0.4) is 0 Å². The average molecular weight is 429 g/mol. The summed E-state index contributed by atoms with van der Waals surface area (Å²) >= 11 is 0. The lowest BCUT2D eigenvalue weighted by atomic mass is 9.86. The van der Waals surface area contributed by atoms with Crippen LogP contribution in [0.25, 0.3) is 11.3 Å². The zero-order valence-electron chi connectivity index (χ0n) is 18.1. The van der Waals surface area contributed by atoms with Gasteiger partial charge >= 0.3 is 11.9 Å².